The third kappa shape index (κ3) is 1.88. The Morgan fingerprint density at radius 2 is 1.65 bits per heavy atom. The molecule has 2 nitrogen and oxygen atoms in total. The van der Waals surface area contributed by atoms with E-state index >= 15 is 0 Å². The number of aromatic nitrogens is 1. The maximum absolute atomic E-state index is 5.88. The second kappa shape index (κ2) is 4.37. The Kier molecular flexibility index (Phi) is 2.82. The van der Waals surface area contributed by atoms with Crippen LogP contribution < -0.4 is 5.73 Å². The van der Waals surface area contributed by atoms with Gasteiger partial charge in [0.05, 0.1) is 0 Å². The Balaban J connectivity index is 1.64. The van der Waals surface area contributed by atoms with E-state index in [9.17, 15) is 0 Å². The monoisotopic (exact) mass is 272 g/mol. The van der Waals surface area contributed by atoms with Crippen molar-refractivity contribution in [3.8, 4) is 0 Å². The summed E-state index contributed by atoms with van der Waals surface area (Å²) in [6.07, 6.45) is 9.10. The summed E-state index contributed by atoms with van der Waals surface area (Å²) in [5.41, 5.74) is 10.7. The van der Waals surface area contributed by atoms with Crippen molar-refractivity contribution in [1.29, 1.82) is 0 Å². The second-order valence-electron chi connectivity index (χ2n) is 8.10. The predicted molar refractivity (Wildman–Crippen MR) is 82.4 cm³/mol. The zero-order valence-corrected chi connectivity index (χ0v) is 13.0. The predicted octanol–water partition coefficient (Wildman–Crippen LogP) is 3.78. The molecule has 0 atom stereocenters. The van der Waals surface area contributed by atoms with E-state index in [-0.39, 0.29) is 0 Å². The summed E-state index contributed by atoms with van der Waals surface area (Å²) in [7, 11) is 0. The third-order valence-electron chi connectivity index (χ3n) is 6.56. The van der Waals surface area contributed by atoms with Crippen LogP contribution in [0.5, 0.6) is 0 Å². The minimum atomic E-state index is 0.620. The number of rotatable bonds is 3. The fraction of sp³-hybridized carbons (Fsp3) is 0.778. The topological polar surface area (TPSA) is 30.9 Å². The van der Waals surface area contributed by atoms with Crippen molar-refractivity contribution in [1.82, 2.24) is 4.57 Å². The molecule has 4 aliphatic carbocycles. The van der Waals surface area contributed by atoms with Crippen molar-refractivity contribution in [2.75, 3.05) is 0 Å². The highest BCUT2D eigenvalue weighted by Crippen LogP contribution is 2.60. The standard InChI is InChI=1S/C18H28N2/c1-12-3-17(10-19)13(2)20(12)11-18-7-14-4-15(8-18)6-16(5-14)9-18/h3,14-16H,4-11,19H2,1-2H3. The number of nitrogens with zero attached hydrogens (tertiary/aromatic N) is 1. The van der Waals surface area contributed by atoms with Crippen LogP contribution in [0.15, 0.2) is 6.07 Å². The average molecular weight is 272 g/mol. The maximum atomic E-state index is 5.88. The second-order valence-corrected chi connectivity index (χ2v) is 8.10. The van der Waals surface area contributed by atoms with E-state index in [4.69, 9.17) is 5.73 Å². The number of aryl methyl sites for hydroxylation is 1. The lowest BCUT2D eigenvalue weighted by Crippen LogP contribution is -2.48. The molecule has 20 heavy (non-hydrogen) atoms. The fourth-order valence-electron chi connectivity index (χ4n) is 6.14. The van der Waals surface area contributed by atoms with E-state index in [0.717, 1.165) is 17.8 Å². The van der Waals surface area contributed by atoms with Gasteiger partial charge in [-0.2, -0.15) is 0 Å². The van der Waals surface area contributed by atoms with Crippen molar-refractivity contribution < 1.29 is 0 Å². The van der Waals surface area contributed by atoms with Crippen molar-refractivity contribution in [2.24, 2.45) is 28.9 Å². The van der Waals surface area contributed by atoms with E-state index in [1.54, 1.807) is 0 Å². The van der Waals surface area contributed by atoms with Crippen molar-refractivity contribution >= 4 is 0 Å². The van der Waals surface area contributed by atoms with Gasteiger partial charge < -0.3 is 10.3 Å². The molecule has 4 saturated carbocycles. The van der Waals surface area contributed by atoms with Crippen LogP contribution in [0, 0.1) is 37.0 Å². The molecule has 1 aromatic rings. The summed E-state index contributed by atoms with van der Waals surface area (Å²) in [6, 6.07) is 2.30. The summed E-state index contributed by atoms with van der Waals surface area (Å²) in [4.78, 5) is 0. The van der Waals surface area contributed by atoms with Crippen LogP contribution in [0.1, 0.15) is 55.5 Å². The van der Waals surface area contributed by atoms with Gasteiger partial charge in [0.25, 0.3) is 0 Å². The molecule has 0 spiro atoms. The molecule has 0 amide bonds. The third-order valence-corrected chi connectivity index (χ3v) is 6.56. The van der Waals surface area contributed by atoms with Crippen LogP contribution in [0.2, 0.25) is 0 Å². The van der Waals surface area contributed by atoms with E-state index < -0.39 is 0 Å². The molecule has 5 rings (SSSR count). The maximum Gasteiger partial charge on any atom is 0.0281 e. The Bertz CT molecular complexity index is 490. The largest absolute Gasteiger partial charge is 0.348 e. The Morgan fingerprint density at radius 3 is 2.10 bits per heavy atom. The van der Waals surface area contributed by atoms with Gasteiger partial charge in [0.1, 0.15) is 0 Å². The van der Waals surface area contributed by atoms with Gasteiger partial charge in [-0.05, 0) is 87.2 Å². The smallest absolute Gasteiger partial charge is 0.0281 e. The SMILES string of the molecule is Cc1cc(CN)c(C)n1CC12CC3CC(CC(C3)C1)C2. The van der Waals surface area contributed by atoms with Crippen molar-refractivity contribution in [3.05, 3.63) is 23.0 Å². The molecule has 110 valence electrons. The van der Waals surface area contributed by atoms with Gasteiger partial charge in [-0.15, -0.1) is 0 Å². The molecule has 2 heteroatoms. The molecule has 4 fully saturated rings. The van der Waals surface area contributed by atoms with Gasteiger partial charge in [-0.1, -0.05) is 0 Å². The molecule has 0 radical (unpaired) electrons. The number of hydrogen-bond acceptors (Lipinski definition) is 1. The number of hydrogen-bond donors (Lipinski definition) is 1. The first-order valence-corrected chi connectivity index (χ1v) is 8.44. The Labute approximate surface area is 122 Å². The first-order chi connectivity index (χ1) is 9.58. The Hall–Kier alpha value is -0.760. The lowest BCUT2D eigenvalue weighted by Gasteiger charge is -2.57. The zero-order valence-electron chi connectivity index (χ0n) is 13.0. The van der Waals surface area contributed by atoms with Crippen LogP contribution in [0.25, 0.3) is 0 Å². The molecule has 0 aromatic carbocycles. The molecule has 1 heterocycles. The molecule has 4 bridgehead atoms. The molecule has 1 aromatic heterocycles. The van der Waals surface area contributed by atoms with E-state index in [1.807, 2.05) is 0 Å². The molecule has 4 aliphatic rings. The van der Waals surface area contributed by atoms with Gasteiger partial charge in [-0.3, -0.25) is 0 Å². The van der Waals surface area contributed by atoms with Crippen molar-refractivity contribution in [2.45, 2.75) is 65.5 Å². The lowest BCUT2D eigenvalue weighted by atomic mass is 9.49. The normalized spacial score (nSPS) is 38.6. The molecule has 2 N–H and O–H groups in total. The zero-order chi connectivity index (χ0) is 13.9. The van der Waals surface area contributed by atoms with Crippen LogP contribution in [-0.2, 0) is 13.1 Å². The van der Waals surface area contributed by atoms with Gasteiger partial charge in [0, 0.05) is 24.5 Å². The first-order valence-electron chi connectivity index (χ1n) is 8.44. The lowest BCUT2D eigenvalue weighted by molar-refractivity contribution is -0.0623. The van der Waals surface area contributed by atoms with Gasteiger partial charge in [0.15, 0.2) is 0 Å². The van der Waals surface area contributed by atoms with Crippen LogP contribution in [0.3, 0.4) is 0 Å². The molecule has 0 unspecified atom stereocenters. The molecule has 0 saturated heterocycles. The Morgan fingerprint density at radius 1 is 1.10 bits per heavy atom. The van der Waals surface area contributed by atoms with Crippen LogP contribution in [0.4, 0.5) is 0 Å². The fourth-order valence-corrected chi connectivity index (χ4v) is 6.14. The van der Waals surface area contributed by atoms with E-state index in [2.05, 4.69) is 24.5 Å². The van der Waals surface area contributed by atoms with Crippen molar-refractivity contribution in [3.63, 3.8) is 0 Å². The highest BCUT2D eigenvalue weighted by molar-refractivity contribution is 5.27. The summed E-state index contributed by atoms with van der Waals surface area (Å²) in [6.45, 7) is 6.46. The minimum Gasteiger partial charge on any atom is -0.348 e. The van der Waals surface area contributed by atoms with E-state index in [1.165, 1.54) is 62.0 Å². The van der Waals surface area contributed by atoms with E-state index in [0.29, 0.717) is 12.0 Å². The minimum absolute atomic E-state index is 0.620. The van der Waals surface area contributed by atoms with Crippen LogP contribution in [-0.4, -0.2) is 4.57 Å². The van der Waals surface area contributed by atoms with Gasteiger partial charge >= 0.3 is 0 Å². The highest BCUT2D eigenvalue weighted by atomic mass is 15.0. The van der Waals surface area contributed by atoms with Gasteiger partial charge in [-0.25, -0.2) is 0 Å². The van der Waals surface area contributed by atoms with Crippen LogP contribution >= 0.6 is 0 Å². The summed E-state index contributed by atoms with van der Waals surface area (Å²) >= 11 is 0. The quantitative estimate of drug-likeness (QED) is 0.892. The molecular weight excluding hydrogens is 244 g/mol. The molecule has 0 aliphatic heterocycles. The highest BCUT2D eigenvalue weighted by Gasteiger charge is 2.50. The average Bonchev–Trinajstić information content (AvgIpc) is 2.64. The first kappa shape index (κ1) is 12.9. The number of nitrogens with two attached hydrogens (primary N) is 1. The summed E-state index contributed by atoms with van der Waals surface area (Å²) in [5, 5.41) is 0. The van der Waals surface area contributed by atoms with Gasteiger partial charge in [0.2, 0.25) is 0 Å². The summed E-state index contributed by atoms with van der Waals surface area (Å²) < 4.78 is 2.58. The molecular formula is C18H28N2. The summed E-state index contributed by atoms with van der Waals surface area (Å²) in [5.74, 6) is 3.14.